The third-order valence-corrected chi connectivity index (χ3v) is 5.50. The maximum atomic E-state index is 12.2. The molecule has 0 aliphatic heterocycles. The van der Waals surface area contributed by atoms with Crippen molar-refractivity contribution >= 4 is 39.4 Å². The smallest absolute Gasteiger partial charge is 0.273 e. The van der Waals surface area contributed by atoms with Crippen LogP contribution in [0.15, 0.2) is 70.2 Å². The van der Waals surface area contributed by atoms with Crippen molar-refractivity contribution in [2.75, 3.05) is 6.61 Å². The molecule has 0 bridgehead atoms. The predicted molar refractivity (Wildman–Crippen MR) is 135 cm³/mol. The second-order valence-corrected chi connectivity index (χ2v) is 8.18. The number of carbonyl (C=O) groups excluding carboxylic acids is 1. The zero-order valence-electron chi connectivity index (χ0n) is 19.0. The van der Waals surface area contributed by atoms with Crippen molar-refractivity contribution in [3.8, 4) is 11.5 Å². The van der Waals surface area contributed by atoms with E-state index in [1.54, 1.807) is 30.3 Å². The zero-order valence-corrected chi connectivity index (χ0v) is 20.6. The van der Waals surface area contributed by atoms with Gasteiger partial charge in [-0.2, -0.15) is 5.10 Å². The van der Waals surface area contributed by atoms with Crippen molar-refractivity contribution < 1.29 is 24.1 Å². The van der Waals surface area contributed by atoms with Gasteiger partial charge in [-0.1, -0.05) is 30.3 Å². The molecule has 0 spiro atoms. The SMILES string of the molecule is CCOc1cc(/C=N/NC(=O)Cc2ccccc2[N+](=O)[O-])c(Br)cc1OCc1cccc([N+](=O)[O-])c1. The van der Waals surface area contributed by atoms with Crippen LogP contribution >= 0.6 is 15.9 Å². The summed E-state index contributed by atoms with van der Waals surface area (Å²) >= 11 is 3.43. The molecular formula is C24H21BrN4O7. The van der Waals surface area contributed by atoms with E-state index in [1.807, 2.05) is 6.92 Å². The monoisotopic (exact) mass is 556 g/mol. The van der Waals surface area contributed by atoms with Gasteiger partial charge < -0.3 is 9.47 Å². The summed E-state index contributed by atoms with van der Waals surface area (Å²) in [5.41, 5.74) is 3.67. The van der Waals surface area contributed by atoms with Gasteiger partial charge in [0.25, 0.3) is 11.4 Å². The number of nitro benzene ring substituents is 2. The number of carbonyl (C=O) groups is 1. The van der Waals surface area contributed by atoms with Crippen molar-refractivity contribution in [3.05, 3.63) is 102 Å². The molecule has 0 radical (unpaired) electrons. The highest BCUT2D eigenvalue weighted by atomic mass is 79.9. The zero-order chi connectivity index (χ0) is 26.1. The molecule has 186 valence electrons. The number of nitrogens with one attached hydrogen (secondary N) is 1. The third kappa shape index (κ3) is 7.09. The van der Waals surface area contributed by atoms with Crippen LogP contribution in [-0.4, -0.2) is 28.6 Å². The number of benzene rings is 3. The van der Waals surface area contributed by atoms with Gasteiger partial charge in [-0.05, 0) is 40.5 Å². The Kier molecular flexibility index (Phi) is 9.06. The first-order valence-electron chi connectivity index (χ1n) is 10.6. The fourth-order valence-electron chi connectivity index (χ4n) is 3.18. The Morgan fingerprint density at radius 1 is 1.03 bits per heavy atom. The lowest BCUT2D eigenvalue weighted by atomic mass is 10.1. The van der Waals surface area contributed by atoms with Gasteiger partial charge in [0.1, 0.15) is 6.61 Å². The van der Waals surface area contributed by atoms with Crippen LogP contribution in [0, 0.1) is 20.2 Å². The van der Waals surface area contributed by atoms with Gasteiger partial charge in [-0.15, -0.1) is 0 Å². The largest absolute Gasteiger partial charge is 0.490 e. The Bertz CT molecular complexity index is 1310. The van der Waals surface area contributed by atoms with Crippen LogP contribution in [0.1, 0.15) is 23.6 Å². The lowest BCUT2D eigenvalue weighted by molar-refractivity contribution is -0.385. The first-order chi connectivity index (χ1) is 17.3. The molecule has 0 unspecified atom stereocenters. The second-order valence-electron chi connectivity index (χ2n) is 7.32. The fraction of sp³-hybridized carbons (Fsp3) is 0.167. The summed E-state index contributed by atoms with van der Waals surface area (Å²) < 4.78 is 12.1. The van der Waals surface area contributed by atoms with Gasteiger partial charge in [0.15, 0.2) is 11.5 Å². The number of nitrogens with zero attached hydrogens (tertiary/aromatic N) is 3. The summed E-state index contributed by atoms with van der Waals surface area (Å²) in [6, 6.07) is 15.5. The maximum absolute atomic E-state index is 12.2. The summed E-state index contributed by atoms with van der Waals surface area (Å²) in [5.74, 6) is 0.310. The van der Waals surface area contributed by atoms with Crippen LogP contribution in [0.4, 0.5) is 11.4 Å². The molecular weight excluding hydrogens is 536 g/mol. The molecule has 1 amide bonds. The minimum absolute atomic E-state index is 0.0298. The van der Waals surface area contributed by atoms with E-state index in [2.05, 4.69) is 26.5 Å². The van der Waals surface area contributed by atoms with Gasteiger partial charge in [0, 0.05) is 33.8 Å². The highest BCUT2D eigenvalue weighted by molar-refractivity contribution is 9.10. The first-order valence-corrected chi connectivity index (χ1v) is 11.4. The summed E-state index contributed by atoms with van der Waals surface area (Å²) in [4.78, 5) is 33.3. The number of para-hydroxylation sites is 1. The van der Waals surface area contributed by atoms with E-state index in [9.17, 15) is 25.0 Å². The molecule has 36 heavy (non-hydrogen) atoms. The summed E-state index contributed by atoms with van der Waals surface area (Å²) in [6.45, 7) is 2.25. The number of halogens is 1. The number of hydrogen-bond acceptors (Lipinski definition) is 8. The molecule has 11 nitrogen and oxygen atoms in total. The molecule has 1 N–H and O–H groups in total. The van der Waals surface area contributed by atoms with E-state index in [1.165, 1.54) is 36.5 Å². The Morgan fingerprint density at radius 3 is 2.50 bits per heavy atom. The number of rotatable bonds is 11. The standard InChI is InChI=1S/C24H21BrN4O7/c1-2-35-22-11-18(14-26-27-24(30)12-17-7-3-4-9-21(17)29(33)34)20(25)13-23(22)36-15-16-6-5-8-19(10-16)28(31)32/h3-11,13-14H,2,12,15H2,1H3,(H,27,30)/b26-14+. The van der Waals surface area contributed by atoms with Crippen molar-refractivity contribution in [1.82, 2.24) is 5.43 Å². The fourth-order valence-corrected chi connectivity index (χ4v) is 3.60. The average molecular weight is 557 g/mol. The quantitative estimate of drug-likeness (QED) is 0.200. The number of non-ortho nitro benzene ring substituents is 1. The molecule has 0 aliphatic carbocycles. The van der Waals surface area contributed by atoms with Gasteiger partial charge in [-0.25, -0.2) is 5.43 Å². The molecule has 3 rings (SSSR count). The molecule has 0 fully saturated rings. The van der Waals surface area contributed by atoms with E-state index < -0.39 is 15.8 Å². The molecule has 0 saturated heterocycles. The highest BCUT2D eigenvalue weighted by Gasteiger charge is 2.15. The molecule has 0 saturated carbocycles. The minimum Gasteiger partial charge on any atom is -0.490 e. The van der Waals surface area contributed by atoms with Gasteiger partial charge >= 0.3 is 0 Å². The molecule has 0 atom stereocenters. The molecule has 0 heterocycles. The van der Waals surface area contributed by atoms with Crippen LogP contribution in [-0.2, 0) is 17.8 Å². The Balaban J connectivity index is 1.69. The first kappa shape index (κ1) is 26.3. The van der Waals surface area contributed by atoms with E-state index in [0.717, 1.165) is 0 Å². The van der Waals surface area contributed by atoms with Crippen molar-refractivity contribution in [2.45, 2.75) is 20.0 Å². The molecule has 3 aromatic carbocycles. The lowest BCUT2D eigenvalue weighted by Crippen LogP contribution is -2.20. The van der Waals surface area contributed by atoms with Crippen LogP contribution in [0.2, 0.25) is 0 Å². The predicted octanol–water partition coefficient (Wildman–Crippen LogP) is 4.94. The Labute approximate surface area is 214 Å². The maximum Gasteiger partial charge on any atom is 0.273 e. The Hall–Kier alpha value is -4.32. The normalized spacial score (nSPS) is 10.7. The van der Waals surface area contributed by atoms with E-state index in [-0.39, 0.29) is 30.0 Å². The van der Waals surface area contributed by atoms with Crippen LogP contribution < -0.4 is 14.9 Å². The number of nitro groups is 2. The number of amides is 1. The van der Waals surface area contributed by atoms with Gasteiger partial charge in [0.2, 0.25) is 5.91 Å². The van der Waals surface area contributed by atoms with E-state index in [4.69, 9.17) is 9.47 Å². The highest BCUT2D eigenvalue weighted by Crippen LogP contribution is 2.34. The van der Waals surface area contributed by atoms with Crippen LogP contribution in [0.3, 0.4) is 0 Å². The minimum atomic E-state index is -0.541. The third-order valence-electron chi connectivity index (χ3n) is 4.81. The average Bonchev–Trinajstić information content (AvgIpc) is 2.85. The summed E-state index contributed by atoms with van der Waals surface area (Å²) in [7, 11) is 0. The number of ether oxygens (including phenoxy) is 2. The molecule has 12 heteroatoms. The molecule has 3 aromatic rings. The topological polar surface area (TPSA) is 146 Å². The lowest BCUT2D eigenvalue weighted by Gasteiger charge is -2.14. The number of hydrazone groups is 1. The van der Waals surface area contributed by atoms with Crippen LogP contribution in [0.25, 0.3) is 0 Å². The second kappa shape index (κ2) is 12.4. The number of hydrogen-bond donors (Lipinski definition) is 1. The molecule has 0 aromatic heterocycles. The summed E-state index contributed by atoms with van der Waals surface area (Å²) in [6.07, 6.45) is 1.19. The molecule has 0 aliphatic rings. The van der Waals surface area contributed by atoms with E-state index in [0.29, 0.717) is 33.7 Å². The van der Waals surface area contributed by atoms with Crippen molar-refractivity contribution in [2.24, 2.45) is 5.10 Å². The van der Waals surface area contributed by atoms with Crippen molar-refractivity contribution in [3.63, 3.8) is 0 Å². The van der Waals surface area contributed by atoms with Gasteiger partial charge in [0.05, 0.1) is 29.1 Å². The van der Waals surface area contributed by atoms with Crippen LogP contribution in [0.5, 0.6) is 11.5 Å². The van der Waals surface area contributed by atoms with E-state index >= 15 is 0 Å². The Morgan fingerprint density at radius 2 is 1.78 bits per heavy atom. The van der Waals surface area contributed by atoms with Crippen molar-refractivity contribution in [1.29, 1.82) is 0 Å². The summed E-state index contributed by atoms with van der Waals surface area (Å²) in [5, 5.41) is 26.0. The van der Waals surface area contributed by atoms with Gasteiger partial charge in [-0.3, -0.25) is 25.0 Å².